The second kappa shape index (κ2) is 7.54. The molecular formula is C16H20N2O4S. The van der Waals surface area contributed by atoms with Crippen molar-refractivity contribution in [3.8, 4) is 0 Å². The third-order valence-corrected chi connectivity index (χ3v) is 5.25. The average molecular weight is 336 g/mol. The van der Waals surface area contributed by atoms with Crippen LogP contribution in [-0.2, 0) is 14.8 Å². The molecule has 2 aromatic rings. The first-order chi connectivity index (χ1) is 10.9. The number of hydrogen-bond acceptors (Lipinski definition) is 4. The molecule has 2 aromatic carbocycles. The Kier molecular flexibility index (Phi) is 5.70. The van der Waals surface area contributed by atoms with Gasteiger partial charge in [0.05, 0.1) is 11.4 Å². The molecule has 7 heteroatoms. The number of benzene rings is 2. The summed E-state index contributed by atoms with van der Waals surface area (Å²) in [5, 5.41) is 13.0. The van der Waals surface area contributed by atoms with E-state index in [9.17, 15) is 13.2 Å². The summed E-state index contributed by atoms with van der Waals surface area (Å²) in [6.45, 7) is 0.0330. The smallest absolute Gasteiger partial charge is 0.243 e. The van der Waals surface area contributed by atoms with Crippen molar-refractivity contribution in [2.24, 2.45) is 0 Å². The van der Waals surface area contributed by atoms with E-state index in [0.29, 0.717) is 13.0 Å². The van der Waals surface area contributed by atoms with Gasteiger partial charge in [-0.05, 0) is 29.3 Å². The first-order valence-electron chi connectivity index (χ1n) is 7.28. The molecule has 6 nitrogen and oxygen atoms in total. The predicted molar refractivity (Wildman–Crippen MR) is 88.5 cm³/mol. The number of sulfonamides is 1. The Labute approximate surface area is 135 Å². The summed E-state index contributed by atoms with van der Waals surface area (Å²) >= 11 is 0. The Morgan fingerprint density at radius 3 is 2.57 bits per heavy atom. The number of rotatable bonds is 7. The molecule has 1 amide bonds. The van der Waals surface area contributed by atoms with Crippen LogP contribution in [0.4, 0.5) is 0 Å². The number of hydrogen-bond donors (Lipinski definition) is 2. The van der Waals surface area contributed by atoms with E-state index in [4.69, 9.17) is 5.11 Å². The van der Waals surface area contributed by atoms with Crippen molar-refractivity contribution >= 4 is 26.7 Å². The van der Waals surface area contributed by atoms with Gasteiger partial charge in [-0.15, -0.1) is 0 Å². The molecule has 0 atom stereocenters. The lowest BCUT2D eigenvalue weighted by molar-refractivity contribution is -0.121. The molecule has 0 saturated heterocycles. The zero-order chi connectivity index (χ0) is 16.9. The van der Waals surface area contributed by atoms with Crippen LogP contribution in [0.5, 0.6) is 0 Å². The van der Waals surface area contributed by atoms with Crippen LogP contribution in [0, 0.1) is 0 Å². The van der Waals surface area contributed by atoms with Crippen LogP contribution in [0.3, 0.4) is 0 Å². The van der Waals surface area contributed by atoms with E-state index in [1.807, 2.05) is 24.3 Å². The maximum Gasteiger partial charge on any atom is 0.243 e. The number of aliphatic hydroxyl groups is 1. The lowest BCUT2D eigenvalue weighted by Crippen LogP contribution is -2.38. The third-order valence-electron chi connectivity index (χ3n) is 3.45. The highest BCUT2D eigenvalue weighted by atomic mass is 32.2. The van der Waals surface area contributed by atoms with Gasteiger partial charge in [0, 0.05) is 20.2 Å². The summed E-state index contributed by atoms with van der Waals surface area (Å²) in [5.41, 5.74) is 0. The van der Waals surface area contributed by atoms with Gasteiger partial charge in [0.1, 0.15) is 0 Å². The van der Waals surface area contributed by atoms with Gasteiger partial charge in [-0.25, -0.2) is 8.42 Å². The fourth-order valence-corrected chi connectivity index (χ4v) is 3.32. The molecule has 0 aromatic heterocycles. The Hall–Kier alpha value is -1.96. The molecule has 124 valence electrons. The number of nitrogens with zero attached hydrogens (tertiary/aromatic N) is 1. The molecule has 2 rings (SSSR count). The van der Waals surface area contributed by atoms with Crippen molar-refractivity contribution in [1.29, 1.82) is 0 Å². The first-order valence-corrected chi connectivity index (χ1v) is 8.72. The highest BCUT2D eigenvalue weighted by Crippen LogP contribution is 2.21. The van der Waals surface area contributed by atoms with Gasteiger partial charge in [0.25, 0.3) is 0 Å². The Balaban J connectivity index is 2.13. The van der Waals surface area contributed by atoms with Crippen LogP contribution < -0.4 is 5.32 Å². The van der Waals surface area contributed by atoms with Gasteiger partial charge in [0.15, 0.2) is 0 Å². The van der Waals surface area contributed by atoms with Crippen LogP contribution in [0.1, 0.15) is 6.42 Å². The summed E-state index contributed by atoms with van der Waals surface area (Å²) in [6.07, 6.45) is 0.437. The molecule has 0 unspecified atom stereocenters. The molecule has 0 bridgehead atoms. The van der Waals surface area contributed by atoms with Gasteiger partial charge in [-0.1, -0.05) is 30.3 Å². The van der Waals surface area contributed by atoms with Crippen molar-refractivity contribution in [3.63, 3.8) is 0 Å². The molecule has 0 aliphatic rings. The molecule has 0 aliphatic carbocycles. The maximum absolute atomic E-state index is 12.5. The van der Waals surface area contributed by atoms with Crippen molar-refractivity contribution in [2.45, 2.75) is 11.3 Å². The minimum absolute atomic E-state index is 0.0223. The van der Waals surface area contributed by atoms with E-state index in [2.05, 4.69) is 5.32 Å². The monoisotopic (exact) mass is 336 g/mol. The van der Waals surface area contributed by atoms with Crippen LogP contribution >= 0.6 is 0 Å². The number of carbonyl (C=O) groups excluding carboxylic acids is 1. The number of fused-ring (bicyclic) bond motifs is 1. The SMILES string of the molecule is CN(CC(=O)NCCCO)S(=O)(=O)c1ccc2ccccc2c1. The van der Waals surface area contributed by atoms with Gasteiger partial charge in [0.2, 0.25) is 15.9 Å². The minimum atomic E-state index is -3.73. The zero-order valence-corrected chi connectivity index (χ0v) is 13.7. The Bertz CT molecular complexity index is 790. The molecule has 0 heterocycles. The van der Waals surface area contributed by atoms with Gasteiger partial charge >= 0.3 is 0 Å². The fourth-order valence-electron chi connectivity index (χ4n) is 2.16. The summed E-state index contributed by atoms with van der Waals surface area (Å²) in [5.74, 6) is -0.398. The molecule has 2 N–H and O–H groups in total. The topological polar surface area (TPSA) is 86.7 Å². The van der Waals surface area contributed by atoms with Crippen molar-refractivity contribution in [3.05, 3.63) is 42.5 Å². The van der Waals surface area contributed by atoms with Gasteiger partial charge in [-0.3, -0.25) is 4.79 Å². The normalized spacial score (nSPS) is 11.8. The van der Waals surface area contributed by atoms with E-state index in [-0.39, 0.29) is 18.0 Å². The second-order valence-electron chi connectivity index (χ2n) is 5.20. The second-order valence-corrected chi connectivity index (χ2v) is 7.24. The third kappa shape index (κ3) is 4.28. The standard InChI is InChI=1S/C16H20N2O4S/c1-18(12-16(20)17-9-4-10-19)23(21,22)15-8-7-13-5-2-3-6-14(13)11-15/h2-3,5-8,11,19H,4,9-10,12H2,1H3,(H,17,20). The van der Waals surface area contributed by atoms with Gasteiger partial charge < -0.3 is 10.4 Å². The summed E-state index contributed by atoms with van der Waals surface area (Å²) in [7, 11) is -2.36. The number of amides is 1. The quantitative estimate of drug-likeness (QED) is 0.737. The first kappa shape index (κ1) is 17.4. The molecule has 0 saturated carbocycles. The highest BCUT2D eigenvalue weighted by molar-refractivity contribution is 7.89. The van der Waals surface area contributed by atoms with E-state index in [1.54, 1.807) is 12.1 Å². The number of likely N-dealkylation sites (N-methyl/N-ethyl adjacent to an activating group) is 1. The van der Waals surface area contributed by atoms with Crippen molar-refractivity contribution < 1.29 is 18.3 Å². The van der Waals surface area contributed by atoms with Crippen LogP contribution in [-0.4, -0.2) is 50.5 Å². The molecule has 0 aliphatic heterocycles. The minimum Gasteiger partial charge on any atom is -0.396 e. The lowest BCUT2D eigenvalue weighted by Gasteiger charge is -2.17. The molecule has 0 spiro atoms. The Morgan fingerprint density at radius 2 is 1.87 bits per heavy atom. The average Bonchev–Trinajstić information content (AvgIpc) is 2.54. The van der Waals surface area contributed by atoms with Crippen LogP contribution in [0.2, 0.25) is 0 Å². The molecule has 23 heavy (non-hydrogen) atoms. The summed E-state index contributed by atoms with van der Waals surface area (Å²) in [4.78, 5) is 11.9. The number of carbonyl (C=O) groups is 1. The number of nitrogens with one attached hydrogen (secondary N) is 1. The van der Waals surface area contributed by atoms with Gasteiger partial charge in [-0.2, -0.15) is 4.31 Å². The summed E-state index contributed by atoms with van der Waals surface area (Å²) in [6, 6.07) is 12.4. The van der Waals surface area contributed by atoms with Crippen LogP contribution in [0.15, 0.2) is 47.4 Å². The lowest BCUT2D eigenvalue weighted by atomic mass is 10.1. The molecule has 0 fully saturated rings. The Morgan fingerprint density at radius 1 is 1.17 bits per heavy atom. The largest absolute Gasteiger partial charge is 0.396 e. The highest BCUT2D eigenvalue weighted by Gasteiger charge is 2.23. The van der Waals surface area contributed by atoms with Crippen LogP contribution in [0.25, 0.3) is 10.8 Å². The summed E-state index contributed by atoms with van der Waals surface area (Å²) < 4.78 is 26.1. The molecular weight excluding hydrogens is 316 g/mol. The van der Waals surface area contributed by atoms with Crippen molar-refractivity contribution in [1.82, 2.24) is 9.62 Å². The molecule has 0 radical (unpaired) electrons. The van der Waals surface area contributed by atoms with E-state index in [0.717, 1.165) is 15.1 Å². The maximum atomic E-state index is 12.5. The predicted octanol–water partition coefficient (Wildman–Crippen LogP) is 0.959. The van der Waals surface area contributed by atoms with Crippen molar-refractivity contribution in [2.75, 3.05) is 26.7 Å². The van der Waals surface area contributed by atoms with E-state index < -0.39 is 15.9 Å². The zero-order valence-electron chi connectivity index (χ0n) is 12.9. The number of aliphatic hydroxyl groups excluding tert-OH is 1. The van der Waals surface area contributed by atoms with E-state index >= 15 is 0 Å². The van der Waals surface area contributed by atoms with E-state index in [1.165, 1.54) is 13.1 Å². The fraction of sp³-hybridized carbons (Fsp3) is 0.312.